The summed E-state index contributed by atoms with van der Waals surface area (Å²) in [6.45, 7) is 4.00. The van der Waals surface area contributed by atoms with Gasteiger partial charge in [-0.25, -0.2) is 0 Å². The van der Waals surface area contributed by atoms with Crippen molar-refractivity contribution in [3.8, 4) is 0 Å². The van der Waals surface area contributed by atoms with E-state index >= 15 is 0 Å². The standard InChI is InChI=1S/C13H10Br2OS/c1-7-3-4-9(6-10(7)14)12(16)13-11(15)5-8(2)17-13/h3-6H,1-2H3. The maximum atomic E-state index is 12.3. The molecular formula is C13H10Br2OS. The molecule has 0 aliphatic rings. The molecule has 88 valence electrons. The molecule has 17 heavy (non-hydrogen) atoms. The summed E-state index contributed by atoms with van der Waals surface area (Å²) in [7, 11) is 0. The van der Waals surface area contributed by atoms with Crippen LogP contribution in [0.1, 0.15) is 25.7 Å². The third-order valence-electron chi connectivity index (χ3n) is 2.45. The number of benzene rings is 1. The predicted molar refractivity (Wildman–Crippen MR) is 79.1 cm³/mol. The zero-order valence-corrected chi connectivity index (χ0v) is 13.4. The molecule has 2 rings (SSSR count). The van der Waals surface area contributed by atoms with Crippen LogP contribution >= 0.6 is 43.2 Å². The van der Waals surface area contributed by atoms with E-state index in [1.54, 1.807) is 0 Å². The van der Waals surface area contributed by atoms with Crippen molar-refractivity contribution in [2.24, 2.45) is 0 Å². The third-order valence-corrected chi connectivity index (χ3v) is 5.24. The van der Waals surface area contributed by atoms with Crippen molar-refractivity contribution in [2.75, 3.05) is 0 Å². The van der Waals surface area contributed by atoms with E-state index in [9.17, 15) is 4.79 Å². The minimum Gasteiger partial charge on any atom is -0.288 e. The van der Waals surface area contributed by atoms with E-state index in [2.05, 4.69) is 31.9 Å². The van der Waals surface area contributed by atoms with Gasteiger partial charge in [0.15, 0.2) is 0 Å². The molecule has 0 amide bonds. The highest BCUT2D eigenvalue weighted by Crippen LogP contribution is 2.30. The van der Waals surface area contributed by atoms with Crippen LogP contribution in [-0.4, -0.2) is 5.78 Å². The molecule has 0 N–H and O–H groups in total. The first-order chi connectivity index (χ1) is 7.99. The Bertz CT molecular complexity index is 587. The lowest BCUT2D eigenvalue weighted by atomic mass is 10.1. The normalized spacial score (nSPS) is 10.6. The zero-order chi connectivity index (χ0) is 12.6. The van der Waals surface area contributed by atoms with Crippen LogP contribution in [0.2, 0.25) is 0 Å². The van der Waals surface area contributed by atoms with Crippen LogP contribution in [0.3, 0.4) is 0 Å². The Labute approximate surface area is 121 Å². The minimum absolute atomic E-state index is 0.0654. The number of carbonyl (C=O) groups is 1. The molecule has 1 nitrogen and oxygen atoms in total. The van der Waals surface area contributed by atoms with Gasteiger partial charge in [0.25, 0.3) is 0 Å². The topological polar surface area (TPSA) is 17.1 Å². The van der Waals surface area contributed by atoms with E-state index in [1.807, 2.05) is 38.1 Å². The number of halogens is 2. The molecule has 1 aromatic heterocycles. The predicted octanol–water partition coefficient (Wildman–Crippen LogP) is 5.12. The van der Waals surface area contributed by atoms with Crippen molar-refractivity contribution < 1.29 is 4.79 Å². The molecule has 0 bridgehead atoms. The molecule has 0 radical (unpaired) electrons. The Balaban J connectivity index is 2.44. The molecule has 0 fully saturated rings. The molecule has 0 saturated carbocycles. The molecule has 0 unspecified atom stereocenters. The van der Waals surface area contributed by atoms with Crippen molar-refractivity contribution in [3.05, 3.63) is 54.1 Å². The van der Waals surface area contributed by atoms with E-state index < -0.39 is 0 Å². The van der Waals surface area contributed by atoms with E-state index in [-0.39, 0.29) is 5.78 Å². The fourth-order valence-electron chi connectivity index (χ4n) is 1.50. The first-order valence-electron chi connectivity index (χ1n) is 5.06. The van der Waals surface area contributed by atoms with Gasteiger partial charge in [0.1, 0.15) is 0 Å². The molecule has 0 saturated heterocycles. The summed E-state index contributed by atoms with van der Waals surface area (Å²) in [6, 6.07) is 7.66. The SMILES string of the molecule is Cc1cc(Br)c(C(=O)c2ccc(C)c(Br)c2)s1. The van der Waals surface area contributed by atoms with Gasteiger partial charge in [-0.2, -0.15) is 0 Å². The highest BCUT2D eigenvalue weighted by Gasteiger charge is 2.16. The molecule has 0 spiro atoms. The molecule has 0 aliphatic heterocycles. The highest BCUT2D eigenvalue weighted by atomic mass is 79.9. The quantitative estimate of drug-likeness (QED) is 0.667. The largest absolute Gasteiger partial charge is 0.288 e. The molecule has 0 atom stereocenters. The van der Waals surface area contributed by atoms with E-state index in [0.29, 0.717) is 5.56 Å². The number of hydrogen-bond acceptors (Lipinski definition) is 2. The number of thiophene rings is 1. The number of hydrogen-bond donors (Lipinski definition) is 0. The summed E-state index contributed by atoms with van der Waals surface area (Å²) >= 11 is 8.39. The van der Waals surface area contributed by atoms with Crippen LogP contribution in [0, 0.1) is 13.8 Å². The van der Waals surface area contributed by atoms with Gasteiger partial charge in [-0.15, -0.1) is 11.3 Å². The molecule has 0 aliphatic carbocycles. The summed E-state index contributed by atoms with van der Waals surface area (Å²) in [4.78, 5) is 14.2. The maximum Gasteiger partial charge on any atom is 0.204 e. The van der Waals surface area contributed by atoms with Crippen LogP contribution in [0.4, 0.5) is 0 Å². The first-order valence-corrected chi connectivity index (χ1v) is 7.46. The molecule has 4 heteroatoms. The second-order valence-electron chi connectivity index (χ2n) is 3.83. The lowest BCUT2D eigenvalue weighted by molar-refractivity contribution is 0.104. The van der Waals surface area contributed by atoms with Crippen molar-refractivity contribution in [2.45, 2.75) is 13.8 Å². The summed E-state index contributed by atoms with van der Waals surface area (Å²) < 4.78 is 1.84. The number of rotatable bonds is 2. The second-order valence-corrected chi connectivity index (χ2v) is 6.79. The lowest BCUT2D eigenvalue weighted by Gasteiger charge is -2.02. The van der Waals surface area contributed by atoms with Crippen LogP contribution in [0.25, 0.3) is 0 Å². The Morgan fingerprint density at radius 2 is 1.82 bits per heavy atom. The van der Waals surface area contributed by atoms with Gasteiger partial charge >= 0.3 is 0 Å². The highest BCUT2D eigenvalue weighted by molar-refractivity contribution is 9.10. The van der Waals surface area contributed by atoms with Gasteiger partial charge in [0.2, 0.25) is 5.78 Å². The minimum atomic E-state index is 0.0654. The van der Waals surface area contributed by atoms with E-state index in [1.165, 1.54) is 11.3 Å². The third kappa shape index (κ3) is 2.69. The number of aryl methyl sites for hydroxylation is 2. The average Bonchev–Trinajstić information content (AvgIpc) is 2.61. The lowest BCUT2D eigenvalue weighted by Crippen LogP contribution is -1.99. The molecule has 1 aromatic carbocycles. The molecular weight excluding hydrogens is 364 g/mol. The van der Waals surface area contributed by atoms with Gasteiger partial charge < -0.3 is 0 Å². The van der Waals surface area contributed by atoms with Gasteiger partial charge in [0.05, 0.1) is 4.88 Å². The average molecular weight is 374 g/mol. The Kier molecular flexibility index (Phi) is 3.85. The second kappa shape index (κ2) is 5.04. The fourth-order valence-corrected chi connectivity index (χ4v) is 3.67. The summed E-state index contributed by atoms with van der Waals surface area (Å²) in [5.41, 5.74) is 1.84. The monoisotopic (exact) mass is 372 g/mol. The van der Waals surface area contributed by atoms with Crippen LogP contribution in [0.15, 0.2) is 33.2 Å². The van der Waals surface area contributed by atoms with E-state index in [0.717, 1.165) is 24.3 Å². The van der Waals surface area contributed by atoms with Crippen molar-refractivity contribution >= 4 is 49.0 Å². The maximum absolute atomic E-state index is 12.3. The van der Waals surface area contributed by atoms with Crippen LogP contribution in [0.5, 0.6) is 0 Å². The summed E-state index contributed by atoms with van der Waals surface area (Å²) in [6.07, 6.45) is 0. The Hall–Kier alpha value is -0.450. The fraction of sp³-hybridized carbons (Fsp3) is 0.154. The number of ketones is 1. The van der Waals surface area contributed by atoms with Gasteiger partial charge in [0, 0.05) is 19.4 Å². The van der Waals surface area contributed by atoms with E-state index in [4.69, 9.17) is 0 Å². The first kappa shape index (κ1) is 13.0. The molecule has 1 heterocycles. The summed E-state index contributed by atoms with van der Waals surface area (Å²) in [5.74, 6) is 0.0654. The van der Waals surface area contributed by atoms with Crippen molar-refractivity contribution in [3.63, 3.8) is 0 Å². The van der Waals surface area contributed by atoms with Crippen LogP contribution in [-0.2, 0) is 0 Å². The Morgan fingerprint density at radius 1 is 1.12 bits per heavy atom. The van der Waals surface area contributed by atoms with Crippen molar-refractivity contribution in [1.29, 1.82) is 0 Å². The van der Waals surface area contributed by atoms with Crippen LogP contribution < -0.4 is 0 Å². The van der Waals surface area contributed by atoms with Gasteiger partial charge in [-0.05, 0) is 47.5 Å². The van der Waals surface area contributed by atoms with Crippen molar-refractivity contribution in [1.82, 2.24) is 0 Å². The number of carbonyl (C=O) groups excluding carboxylic acids is 1. The Morgan fingerprint density at radius 3 is 2.35 bits per heavy atom. The summed E-state index contributed by atoms with van der Waals surface area (Å²) in [5, 5.41) is 0. The van der Waals surface area contributed by atoms with Gasteiger partial charge in [-0.3, -0.25) is 4.79 Å². The smallest absolute Gasteiger partial charge is 0.204 e. The van der Waals surface area contributed by atoms with Gasteiger partial charge in [-0.1, -0.05) is 28.1 Å². The molecule has 2 aromatic rings. The zero-order valence-electron chi connectivity index (χ0n) is 9.38.